The summed E-state index contributed by atoms with van der Waals surface area (Å²) in [7, 11) is -3.05. The molecule has 2 aliphatic heterocycles. The number of benzene rings is 1. The molecular weight excluding hydrogens is 388 g/mol. The molecule has 2 saturated heterocycles. The molecule has 0 saturated carbocycles. The fourth-order valence-corrected chi connectivity index (χ4v) is 5.48. The van der Waals surface area contributed by atoms with Crippen molar-refractivity contribution >= 4 is 16.0 Å². The van der Waals surface area contributed by atoms with Crippen LogP contribution in [-0.4, -0.2) is 63.8 Å². The van der Waals surface area contributed by atoms with Gasteiger partial charge >= 0.3 is 0 Å². The van der Waals surface area contributed by atoms with Gasteiger partial charge in [-0.25, -0.2) is 12.7 Å². The lowest BCUT2D eigenvalue weighted by molar-refractivity contribution is -0.0250. The molecule has 2 fully saturated rings. The Bertz CT molecular complexity index is 780. The first-order valence-corrected chi connectivity index (χ1v) is 12.3. The van der Waals surface area contributed by atoms with E-state index in [-0.39, 0.29) is 11.9 Å². The molecule has 2 aliphatic rings. The summed E-state index contributed by atoms with van der Waals surface area (Å²) in [5.41, 5.74) is 2.46. The molecule has 29 heavy (non-hydrogen) atoms. The minimum Gasteiger partial charge on any atom is -0.373 e. The Morgan fingerprint density at radius 1 is 1.24 bits per heavy atom. The largest absolute Gasteiger partial charge is 0.373 e. The summed E-state index contributed by atoms with van der Waals surface area (Å²) in [5, 5.41) is 6.54. The first kappa shape index (κ1) is 22.1. The standard InChI is InChI=1S/C21H34N4O3S/c1-3-22-21(23-11-13-25-12-5-15-29(25,26)27)24-16-19-6-4-14-28-20(19)18-9-7-17(2)8-10-18/h7-10,19-20H,3-6,11-16H2,1-2H3,(H2,22,23,24). The zero-order valence-corrected chi connectivity index (χ0v) is 18.4. The van der Waals surface area contributed by atoms with E-state index >= 15 is 0 Å². The van der Waals surface area contributed by atoms with Gasteiger partial charge in [0.05, 0.1) is 11.9 Å². The van der Waals surface area contributed by atoms with Crippen LogP contribution in [0.4, 0.5) is 0 Å². The van der Waals surface area contributed by atoms with Gasteiger partial charge in [-0.2, -0.15) is 0 Å². The van der Waals surface area contributed by atoms with E-state index in [2.05, 4.69) is 41.8 Å². The van der Waals surface area contributed by atoms with Crippen molar-refractivity contribution in [2.45, 2.75) is 39.2 Å². The van der Waals surface area contributed by atoms with E-state index in [4.69, 9.17) is 9.73 Å². The van der Waals surface area contributed by atoms with E-state index in [1.807, 2.05) is 6.92 Å². The van der Waals surface area contributed by atoms with Crippen molar-refractivity contribution in [3.05, 3.63) is 35.4 Å². The molecule has 0 bridgehead atoms. The highest BCUT2D eigenvalue weighted by Gasteiger charge is 2.28. The molecule has 1 aromatic rings. The predicted molar refractivity (Wildman–Crippen MR) is 117 cm³/mol. The Balaban J connectivity index is 1.58. The van der Waals surface area contributed by atoms with Gasteiger partial charge in [0.25, 0.3) is 0 Å². The molecule has 2 heterocycles. The second-order valence-corrected chi connectivity index (χ2v) is 9.91. The predicted octanol–water partition coefficient (Wildman–Crippen LogP) is 2.05. The fraction of sp³-hybridized carbons (Fsp3) is 0.667. The number of rotatable bonds is 7. The van der Waals surface area contributed by atoms with Crippen LogP contribution in [0.15, 0.2) is 29.3 Å². The molecule has 8 heteroatoms. The van der Waals surface area contributed by atoms with Gasteiger partial charge in [0.1, 0.15) is 0 Å². The Morgan fingerprint density at radius 3 is 2.72 bits per heavy atom. The second-order valence-electron chi connectivity index (χ2n) is 7.82. The van der Waals surface area contributed by atoms with Crippen molar-refractivity contribution in [2.75, 3.05) is 45.1 Å². The second kappa shape index (κ2) is 10.4. The fourth-order valence-electron chi connectivity index (χ4n) is 3.95. The molecule has 1 aromatic carbocycles. The van der Waals surface area contributed by atoms with Crippen molar-refractivity contribution < 1.29 is 13.2 Å². The summed E-state index contributed by atoms with van der Waals surface area (Å²) >= 11 is 0. The van der Waals surface area contributed by atoms with Crippen LogP contribution >= 0.6 is 0 Å². The van der Waals surface area contributed by atoms with Crippen molar-refractivity contribution in [1.82, 2.24) is 14.9 Å². The Hall–Kier alpha value is -1.64. The van der Waals surface area contributed by atoms with Gasteiger partial charge in [-0.05, 0) is 38.7 Å². The summed E-state index contributed by atoms with van der Waals surface area (Å²) in [6.45, 7) is 8.00. The quantitative estimate of drug-likeness (QED) is 0.519. The Kier molecular flexibility index (Phi) is 7.91. The summed E-state index contributed by atoms with van der Waals surface area (Å²) in [6, 6.07) is 8.57. The highest BCUT2D eigenvalue weighted by Crippen LogP contribution is 2.33. The lowest BCUT2D eigenvalue weighted by atomic mass is 9.89. The lowest BCUT2D eigenvalue weighted by Gasteiger charge is -2.31. The first-order chi connectivity index (χ1) is 14.0. The summed E-state index contributed by atoms with van der Waals surface area (Å²) < 4.78 is 31.5. The van der Waals surface area contributed by atoms with Crippen LogP contribution in [0.3, 0.4) is 0 Å². The van der Waals surface area contributed by atoms with Crippen LogP contribution < -0.4 is 10.6 Å². The van der Waals surface area contributed by atoms with Gasteiger partial charge < -0.3 is 15.4 Å². The van der Waals surface area contributed by atoms with Gasteiger partial charge in [0, 0.05) is 45.2 Å². The Labute approximate surface area is 175 Å². The molecule has 7 nitrogen and oxygen atoms in total. The summed E-state index contributed by atoms with van der Waals surface area (Å²) in [5.74, 6) is 1.33. The van der Waals surface area contributed by atoms with E-state index in [1.165, 1.54) is 11.1 Å². The maximum atomic E-state index is 11.9. The molecule has 0 aromatic heterocycles. The number of ether oxygens (including phenoxy) is 1. The first-order valence-electron chi connectivity index (χ1n) is 10.7. The normalized spacial score (nSPS) is 25.1. The smallest absolute Gasteiger partial charge is 0.214 e. The van der Waals surface area contributed by atoms with E-state index < -0.39 is 10.0 Å². The molecule has 2 N–H and O–H groups in total. The zero-order chi connectivity index (χ0) is 20.7. The van der Waals surface area contributed by atoms with Crippen molar-refractivity contribution in [2.24, 2.45) is 10.9 Å². The van der Waals surface area contributed by atoms with Crippen molar-refractivity contribution in [1.29, 1.82) is 0 Å². The monoisotopic (exact) mass is 422 g/mol. The van der Waals surface area contributed by atoms with Crippen molar-refractivity contribution in [3.63, 3.8) is 0 Å². The molecule has 0 radical (unpaired) electrons. The molecule has 2 unspecified atom stereocenters. The van der Waals surface area contributed by atoms with E-state index in [0.29, 0.717) is 32.1 Å². The number of hydrogen-bond acceptors (Lipinski definition) is 4. The van der Waals surface area contributed by atoms with Crippen LogP contribution in [0.5, 0.6) is 0 Å². The topological polar surface area (TPSA) is 83.0 Å². The number of nitrogens with one attached hydrogen (secondary N) is 2. The van der Waals surface area contributed by atoms with Crippen molar-refractivity contribution in [3.8, 4) is 0 Å². The lowest BCUT2D eigenvalue weighted by Crippen LogP contribution is -2.42. The third-order valence-electron chi connectivity index (χ3n) is 5.54. The van der Waals surface area contributed by atoms with Gasteiger partial charge in [0.2, 0.25) is 10.0 Å². The minimum absolute atomic E-state index is 0.0747. The van der Waals surface area contributed by atoms with Gasteiger partial charge in [-0.1, -0.05) is 29.8 Å². The maximum Gasteiger partial charge on any atom is 0.214 e. The number of hydrogen-bond donors (Lipinski definition) is 2. The number of nitrogens with zero attached hydrogens (tertiary/aromatic N) is 2. The van der Waals surface area contributed by atoms with Gasteiger partial charge in [-0.15, -0.1) is 0 Å². The SMILES string of the molecule is CCNC(=NCC1CCCOC1c1ccc(C)cc1)NCCN1CCCS1(=O)=O. The van der Waals surface area contributed by atoms with Gasteiger partial charge in [0.15, 0.2) is 5.96 Å². The molecule has 0 spiro atoms. The number of aryl methyl sites for hydroxylation is 1. The average molecular weight is 423 g/mol. The molecule has 162 valence electrons. The van der Waals surface area contributed by atoms with Gasteiger partial charge in [-0.3, -0.25) is 4.99 Å². The summed E-state index contributed by atoms with van der Waals surface area (Å²) in [4.78, 5) is 4.78. The maximum absolute atomic E-state index is 11.9. The van der Waals surface area contributed by atoms with Crippen LogP contribution in [-0.2, 0) is 14.8 Å². The molecule has 2 atom stereocenters. The highest BCUT2D eigenvalue weighted by molar-refractivity contribution is 7.89. The number of aliphatic imine (C=N–C) groups is 1. The van der Waals surface area contributed by atoms with E-state index in [9.17, 15) is 8.42 Å². The number of sulfonamides is 1. The molecule has 0 amide bonds. The zero-order valence-electron chi connectivity index (χ0n) is 17.6. The van der Waals surface area contributed by atoms with E-state index in [0.717, 1.165) is 38.4 Å². The third-order valence-corrected chi connectivity index (χ3v) is 7.49. The Morgan fingerprint density at radius 2 is 2.03 bits per heavy atom. The highest BCUT2D eigenvalue weighted by atomic mass is 32.2. The van der Waals surface area contributed by atoms with Crippen LogP contribution in [0, 0.1) is 12.8 Å². The van der Waals surface area contributed by atoms with Crippen LogP contribution in [0.25, 0.3) is 0 Å². The summed E-state index contributed by atoms with van der Waals surface area (Å²) in [6.07, 6.45) is 2.94. The van der Waals surface area contributed by atoms with E-state index in [1.54, 1.807) is 4.31 Å². The molecular formula is C21H34N4O3S. The molecule has 3 rings (SSSR count). The van der Waals surface area contributed by atoms with Crippen LogP contribution in [0.1, 0.15) is 43.4 Å². The van der Waals surface area contributed by atoms with Crippen LogP contribution in [0.2, 0.25) is 0 Å². The minimum atomic E-state index is -3.05. The average Bonchev–Trinajstić information content (AvgIpc) is 3.05. The number of guanidine groups is 1. The third kappa shape index (κ3) is 6.17. The molecule has 0 aliphatic carbocycles.